The van der Waals surface area contributed by atoms with Crippen molar-refractivity contribution in [3.8, 4) is 11.1 Å². The van der Waals surface area contributed by atoms with E-state index >= 15 is 0 Å². The van der Waals surface area contributed by atoms with E-state index in [4.69, 9.17) is 15.0 Å². The minimum atomic E-state index is -5.08. The van der Waals surface area contributed by atoms with Crippen molar-refractivity contribution in [2.75, 3.05) is 5.32 Å². The number of pyridine rings is 1. The average molecular weight is 454 g/mol. The zero-order valence-corrected chi connectivity index (χ0v) is 17.5. The third-order valence-electron chi connectivity index (χ3n) is 4.31. The molecule has 7 nitrogen and oxygen atoms in total. The number of nitrogens with one attached hydrogen (secondary N) is 1. The van der Waals surface area contributed by atoms with Crippen molar-refractivity contribution in [1.29, 1.82) is 0 Å². The van der Waals surface area contributed by atoms with Gasteiger partial charge in [-0.1, -0.05) is 25.0 Å². The molecule has 0 aliphatic rings. The number of alkyl halides is 3. The number of benzene rings is 1. The first kappa shape index (κ1) is 26.6. The summed E-state index contributed by atoms with van der Waals surface area (Å²) in [4.78, 5) is 35.5. The third kappa shape index (κ3) is 10.6. The van der Waals surface area contributed by atoms with E-state index in [9.17, 15) is 22.8 Å². The number of unbranched alkanes of at least 4 members (excludes halogenated alkanes) is 3. The van der Waals surface area contributed by atoms with Gasteiger partial charge in [0.2, 0.25) is 5.91 Å². The van der Waals surface area contributed by atoms with E-state index in [0.29, 0.717) is 12.8 Å². The molecule has 0 fully saturated rings. The molecule has 3 N–H and O–H groups in total. The average Bonchev–Trinajstić information content (AvgIpc) is 2.72. The summed E-state index contributed by atoms with van der Waals surface area (Å²) in [5, 5.41) is 18.7. The van der Waals surface area contributed by atoms with Gasteiger partial charge >= 0.3 is 18.1 Å². The van der Waals surface area contributed by atoms with Gasteiger partial charge in [-0.25, -0.2) is 4.79 Å². The Bertz CT molecular complexity index is 902. The van der Waals surface area contributed by atoms with Gasteiger partial charge in [0, 0.05) is 30.9 Å². The lowest BCUT2D eigenvalue weighted by atomic mass is 10.0. The maximum atomic E-state index is 12.1. The van der Waals surface area contributed by atoms with Gasteiger partial charge in [-0.3, -0.25) is 14.6 Å². The molecule has 0 spiro atoms. The van der Waals surface area contributed by atoms with Crippen LogP contribution >= 0.6 is 0 Å². The Labute approximate surface area is 183 Å². The van der Waals surface area contributed by atoms with Gasteiger partial charge in [0.25, 0.3) is 0 Å². The van der Waals surface area contributed by atoms with Crippen LogP contribution in [0.2, 0.25) is 0 Å². The number of aliphatic carboxylic acids is 2. The molecule has 0 saturated heterocycles. The Morgan fingerprint density at radius 2 is 1.47 bits per heavy atom. The summed E-state index contributed by atoms with van der Waals surface area (Å²) in [6, 6.07) is 9.89. The molecule has 32 heavy (non-hydrogen) atoms. The molecule has 1 aromatic heterocycles. The van der Waals surface area contributed by atoms with Crippen molar-refractivity contribution < 1.29 is 37.8 Å². The van der Waals surface area contributed by atoms with Crippen molar-refractivity contribution >= 4 is 23.5 Å². The molecule has 1 aromatic carbocycles. The largest absolute Gasteiger partial charge is 0.490 e. The van der Waals surface area contributed by atoms with Crippen LogP contribution in [0.5, 0.6) is 0 Å². The zero-order valence-electron chi connectivity index (χ0n) is 17.5. The van der Waals surface area contributed by atoms with Gasteiger partial charge in [-0.05, 0) is 54.7 Å². The highest BCUT2D eigenvalue weighted by Gasteiger charge is 2.38. The monoisotopic (exact) mass is 454 g/mol. The predicted octanol–water partition coefficient (Wildman–Crippen LogP) is 5.05. The molecular formula is C22H25F3N2O5. The number of aryl methyl sites for hydroxylation is 1. The number of carbonyl (C=O) groups excluding carboxylic acids is 1. The number of halogens is 3. The number of carboxylic acids is 2. The fourth-order valence-electron chi connectivity index (χ4n) is 2.61. The zero-order chi connectivity index (χ0) is 24.1. The Balaban J connectivity index is 0.000000633. The highest BCUT2D eigenvalue weighted by atomic mass is 19.4. The normalized spacial score (nSPS) is 10.6. The number of anilines is 1. The van der Waals surface area contributed by atoms with E-state index in [1.54, 1.807) is 12.4 Å². The molecule has 0 unspecified atom stereocenters. The Hall–Kier alpha value is -3.43. The second-order valence-electron chi connectivity index (χ2n) is 6.92. The number of hydrogen-bond donors (Lipinski definition) is 3. The van der Waals surface area contributed by atoms with Crippen molar-refractivity contribution in [2.24, 2.45) is 0 Å². The molecule has 0 bridgehead atoms. The molecule has 2 aromatic rings. The number of amides is 1. The van der Waals surface area contributed by atoms with Crippen LogP contribution in [0.15, 0.2) is 42.7 Å². The summed E-state index contributed by atoms with van der Waals surface area (Å²) in [5.41, 5.74) is 3.94. The quantitative estimate of drug-likeness (QED) is 0.457. The van der Waals surface area contributed by atoms with E-state index in [1.807, 2.05) is 37.3 Å². The summed E-state index contributed by atoms with van der Waals surface area (Å²) in [7, 11) is 0. The maximum absolute atomic E-state index is 12.1. The van der Waals surface area contributed by atoms with Gasteiger partial charge in [-0.15, -0.1) is 0 Å². The van der Waals surface area contributed by atoms with Crippen LogP contribution in [-0.2, 0) is 14.4 Å². The molecule has 174 valence electrons. The summed E-state index contributed by atoms with van der Waals surface area (Å²) in [6.07, 6.45) is 2.22. The topological polar surface area (TPSA) is 117 Å². The van der Waals surface area contributed by atoms with E-state index in [1.165, 1.54) is 0 Å². The molecule has 1 heterocycles. The van der Waals surface area contributed by atoms with Crippen molar-refractivity contribution in [3.05, 3.63) is 48.3 Å². The van der Waals surface area contributed by atoms with Crippen LogP contribution in [0, 0.1) is 6.92 Å². The first-order chi connectivity index (χ1) is 15.0. The first-order valence-electron chi connectivity index (χ1n) is 9.83. The molecule has 2 rings (SSSR count). The molecule has 1 amide bonds. The smallest absolute Gasteiger partial charge is 0.481 e. The van der Waals surface area contributed by atoms with E-state index < -0.39 is 18.1 Å². The highest BCUT2D eigenvalue weighted by molar-refractivity contribution is 5.92. The Morgan fingerprint density at radius 3 is 2.00 bits per heavy atom. The summed E-state index contributed by atoms with van der Waals surface area (Å²) < 4.78 is 31.7. The molecule has 0 radical (unpaired) electrons. The molecule has 0 saturated carbocycles. The lowest BCUT2D eigenvalue weighted by Crippen LogP contribution is -2.21. The van der Waals surface area contributed by atoms with Crippen LogP contribution in [0.4, 0.5) is 18.9 Å². The van der Waals surface area contributed by atoms with Crippen LogP contribution in [-0.4, -0.2) is 39.2 Å². The summed E-state index contributed by atoms with van der Waals surface area (Å²) in [6.45, 7) is 1.97. The number of aromatic nitrogens is 1. The van der Waals surface area contributed by atoms with Crippen LogP contribution in [0.25, 0.3) is 11.1 Å². The number of hydrogen-bond acceptors (Lipinski definition) is 4. The van der Waals surface area contributed by atoms with Crippen LogP contribution in [0.1, 0.15) is 44.1 Å². The van der Waals surface area contributed by atoms with Crippen molar-refractivity contribution in [2.45, 2.75) is 51.6 Å². The highest BCUT2D eigenvalue weighted by Crippen LogP contribution is 2.25. The lowest BCUT2D eigenvalue weighted by molar-refractivity contribution is -0.192. The van der Waals surface area contributed by atoms with Crippen molar-refractivity contribution in [1.82, 2.24) is 4.98 Å². The van der Waals surface area contributed by atoms with Gasteiger partial charge in [0.1, 0.15) is 0 Å². The van der Waals surface area contributed by atoms with Gasteiger partial charge in [0.15, 0.2) is 0 Å². The van der Waals surface area contributed by atoms with Crippen LogP contribution in [0.3, 0.4) is 0 Å². The van der Waals surface area contributed by atoms with E-state index in [0.717, 1.165) is 41.6 Å². The second kappa shape index (κ2) is 13.1. The van der Waals surface area contributed by atoms with Gasteiger partial charge in [0.05, 0.1) is 0 Å². The molecule has 0 atom stereocenters. The van der Waals surface area contributed by atoms with Gasteiger partial charge in [-0.2, -0.15) is 13.2 Å². The number of carbonyl (C=O) groups is 3. The molecule has 0 aliphatic heterocycles. The third-order valence-corrected chi connectivity index (χ3v) is 4.31. The SMILES string of the molecule is Cc1ccc(-c2ccncc2)cc1NC(=O)CCCCCCC(=O)O.O=C(O)C(F)(F)F. The fourth-order valence-corrected chi connectivity index (χ4v) is 2.61. The number of rotatable bonds is 9. The summed E-state index contributed by atoms with van der Waals surface area (Å²) >= 11 is 0. The second-order valence-corrected chi connectivity index (χ2v) is 6.92. The van der Waals surface area contributed by atoms with Crippen molar-refractivity contribution in [3.63, 3.8) is 0 Å². The minimum Gasteiger partial charge on any atom is -0.481 e. The number of carboxylic acid groups (broad SMARTS) is 2. The fraction of sp³-hybridized carbons (Fsp3) is 0.364. The standard InChI is InChI=1S/C20H24N2O3.C2HF3O2/c1-15-8-9-17(16-10-12-21-13-11-16)14-18(15)22-19(23)6-4-2-3-5-7-20(24)25;3-2(4,5)1(6)7/h8-14H,2-7H2,1H3,(H,22,23)(H,24,25);(H,6,7). The first-order valence-corrected chi connectivity index (χ1v) is 9.83. The Kier molecular flexibility index (Phi) is 10.9. The number of nitrogens with zero attached hydrogens (tertiary/aromatic N) is 1. The minimum absolute atomic E-state index is 0.00628. The van der Waals surface area contributed by atoms with E-state index in [-0.39, 0.29) is 12.3 Å². The molecule has 10 heteroatoms. The lowest BCUT2D eigenvalue weighted by Gasteiger charge is -2.11. The van der Waals surface area contributed by atoms with Crippen LogP contribution < -0.4 is 5.32 Å². The predicted molar refractivity (Wildman–Crippen MR) is 112 cm³/mol. The maximum Gasteiger partial charge on any atom is 0.490 e. The van der Waals surface area contributed by atoms with E-state index in [2.05, 4.69) is 10.3 Å². The summed E-state index contributed by atoms with van der Waals surface area (Å²) in [5.74, 6) is -3.52. The van der Waals surface area contributed by atoms with Gasteiger partial charge < -0.3 is 15.5 Å². The molecular weight excluding hydrogens is 429 g/mol. The Morgan fingerprint density at radius 1 is 0.906 bits per heavy atom. The molecule has 0 aliphatic carbocycles.